The first-order chi connectivity index (χ1) is 16.7. The fraction of sp³-hybridized carbons (Fsp3) is 0.217. The third kappa shape index (κ3) is 4.59. The summed E-state index contributed by atoms with van der Waals surface area (Å²) in [6.07, 6.45) is 0.246. The molecule has 1 aliphatic carbocycles. The van der Waals surface area contributed by atoms with Gasteiger partial charge in [-0.2, -0.15) is 18.3 Å². The lowest BCUT2D eigenvalue weighted by Crippen LogP contribution is -2.27. The van der Waals surface area contributed by atoms with E-state index in [-0.39, 0.29) is 22.1 Å². The summed E-state index contributed by atoms with van der Waals surface area (Å²) in [6.45, 7) is 0.503. The first-order valence-electron chi connectivity index (χ1n) is 10.7. The zero-order valence-corrected chi connectivity index (χ0v) is 18.7. The van der Waals surface area contributed by atoms with Gasteiger partial charge in [-0.15, -0.1) is 0 Å². The van der Waals surface area contributed by atoms with Crippen LogP contribution in [0.2, 0.25) is 5.02 Å². The SMILES string of the molecule is O=C(NCC1CC1)c1c(NC(=O)c2cc(C(F)(F)F)nn2-c2ncccc2Cl)ccc2cc[nH]c12. The number of anilines is 1. The van der Waals surface area contributed by atoms with Gasteiger partial charge in [-0.05, 0) is 43.0 Å². The predicted octanol–water partition coefficient (Wildman–Crippen LogP) is 4.81. The number of carbonyl (C=O) groups excluding carboxylic acids is 2. The summed E-state index contributed by atoms with van der Waals surface area (Å²) < 4.78 is 41.0. The van der Waals surface area contributed by atoms with Crippen molar-refractivity contribution in [2.75, 3.05) is 11.9 Å². The minimum absolute atomic E-state index is 0.00585. The van der Waals surface area contributed by atoms with Gasteiger partial charge < -0.3 is 15.6 Å². The van der Waals surface area contributed by atoms with E-state index in [1.54, 1.807) is 18.3 Å². The Morgan fingerprint density at radius 3 is 2.69 bits per heavy atom. The van der Waals surface area contributed by atoms with Crippen LogP contribution in [-0.2, 0) is 6.18 Å². The van der Waals surface area contributed by atoms with E-state index in [0.717, 1.165) is 22.9 Å². The maximum Gasteiger partial charge on any atom is 0.435 e. The molecule has 0 spiro atoms. The molecule has 1 saturated carbocycles. The second kappa shape index (κ2) is 8.73. The summed E-state index contributed by atoms with van der Waals surface area (Å²) >= 11 is 6.11. The summed E-state index contributed by atoms with van der Waals surface area (Å²) in [7, 11) is 0. The van der Waals surface area contributed by atoms with Gasteiger partial charge >= 0.3 is 6.18 Å². The van der Waals surface area contributed by atoms with E-state index in [4.69, 9.17) is 11.6 Å². The lowest BCUT2D eigenvalue weighted by Gasteiger charge is -2.13. The van der Waals surface area contributed by atoms with Crippen LogP contribution in [0, 0.1) is 5.92 Å². The Bertz CT molecular complexity index is 1440. The molecule has 0 aliphatic heterocycles. The van der Waals surface area contributed by atoms with Gasteiger partial charge in [0.1, 0.15) is 5.69 Å². The Labute approximate surface area is 201 Å². The summed E-state index contributed by atoms with van der Waals surface area (Å²) in [5, 5.41) is 9.70. The molecule has 5 rings (SSSR count). The summed E-state index contributed by atoms with van der Waals surface area (Å²) in [6, 6.07) is 8.51. The lowest BCUT2D eigenvalue weighted by molar-refractivity contribution is -0.141. The second-order valence-electron chi connectivity index (χ2n) is 8.17. The quantitative estimate of drug-likeness (QED) is 0.352. The number of nitrogens with one attached hydrogen (secondary N) is 3. The number of nitrogens with zero attached hydrogens (tertiary/aromatic N) is 3. The summed E-state index contributed by atoms with van der Waals surface area (Å²) in [5.41, 5.74) is -0.931. The summed E-state index contributed by atoms with van der Waals surface area (Å²) in [4.78, 5) is 33.2. The number of amides is 2. The number of fused-ring (bicyclic) bond motifs is 1. The molecule has 0 saturated heterocycles. The molecule has 3 N–H and O–H groups in total. The van der Waals surface area contributed by atoms with Crippen molar-refractivity contribution in [3.05, 3.63) is 70.8 Å². The molecule has 0 radical (unpaired) electrons. The standard InChI is InChI=1S/C23H18ClF3N6O2/c24-14-2-1-8-29-20(14)33-16(10-17(32-33)23(25,26)27)21(34)31-15-6-5-13-7-9-28-19(13)18(15)22(35)30-11-12-3-4-12/h1-2,5-10,12,28H,3-4,11H2,(H,30,35)(H,31,34). The Hall–Kier alpha value is -3.86. The first-order valence-corrected chi connectivity index (χ1v) is 11.1. The van der Waals surface area contributed by atoms with Crippen LogP contribution in [0.1, 0.15) is 39.4 Å². The van der Waals surface area contributed by atoms with Crippen molar-refractivity contribution in [2.24, 2.45) is 5.92 Å². The van der Waals surface area contributed by atoms with Crippen molar-refractivity contribution >= 4 is 40.0 Å². The van der Waals surface area contributed by atoms with E-state index >= 15 is 0 Å². The van der Waals surface area contributed by atoms with Crippen LogP contribution >= 0.6 is 11.6 Å². The van der Waals surface area contributed by atoms with Crippen molar-refractivity contribution in [2.45, 2.75) is 19.0 Å². The van der Waals surface area contributed by atoms with Crippen LogP contribution in [0.15, 0.2) is 48.8 Å². The van der Waals surface area contributed by atoms with Crippen LogP contribution in [0.4, 0.5) is 18.9 Å². The number of rotatable bonds is 6. The number of H-pyrrole nitrogens is 1. The first kappa shape index (κ1) is 22.9. The number of hydrogen-bond acceptors (Lipinski definition) is 4. The van der Waals surface area contributed by atoms with Crippen LogP contribution in [-0.4, -0.2) is 38.1 Å². The molecule has 0 atom stereocenters. The van der Waals surface area contributed by atoms with Crippen molar-refractivity contribution in [3.63, 3.8) is 0 Å². The molecule has 4 aromatic rings. The highest BCUT2D eigenvalue weighted by Crippen LogP contribution is 2.32. The van der Waals surface area contributed by atoms with Gasteiger partial charge in [-0.1, -0.05) is 17.7 Å². The van der Waals surface area contributed by atoms with E-state index in [2.05, 4.69) is 25.7 Å². The van der Waals surface area contributed by atoms with Crippen LogP contribution < -0.4 is 10.6 Å². The van der Waals surface area contributed by atoms with Crippen molar-refractivity contribution < 1.29 is 22.8 Å². The fourth-order valence-electron chi connectivity index (χ4n) is 3.68. The zero-order chi connectivity index (χ0) is 24.7. The summed E-state index contributed by atoms with van der Waals surface area (Å²) in [5.74, 6) is -1.04. The molecular weight excluding hydrogens is 485 g/mol. The molecule has 35 heavy (non-hydrogen) atoms. The maximum absolute atomic E-state index is 13.4. The zero-order valence-electron chi connectivity index (χ0n) is 18.0. The molecule has 0 bridgehead atoms. The highest BCUT2D eigenvalue weighted by atomic mass is 35.5. The monoisotopic (exact) mass is 502 g/mol. The molecule has 2 amide bonds. The van der Waals surface area contributed by atoms with Crippen LogP contribution in [0.25, 0.3) is 16.7 Å². The van der Waals surface area contributed by atoms with E-state index in [1.165, 1.54) is 24.4 Å². The number of benzene rings is 1. The van der Waals surface area contributed by atoms with Gasteiger partial charge in [0.2, 0.25) is 0 Å². The van der Waals surface area contributed by atoms with E-state index in [0.29, 0.717) is 24.0 Å². The van der Waals surface area contributed by atoms with Crippen molar-refractivity contribution in [1.82, 2.24) is 25.1 Å². The van der Waals surface area contributed by atoms with Crippen LogP contribution in [0.3, 0.4) is 0 Å². The number of hydrogen-bond donors (Lipinski definition) is 3. The van der Waals surface area contributed by atoms with Crippen molar-refractivity contribution in [3.8, 4) is 5.82 Å². The van der Waals surface area contributed by atoms with Gasteiger partial charge in [0.15, 0.2) is 11.5 Å². The van der Waals surface area contributed by atoms with Gasteiger partial charge in [0.05, 0.1) is 21.8 Å². The predicted molar refractivity (Wildman–Crippen MR) is 123 cm³/mol. The molecule has 3 heterocycles. The Kier molecular flexibility index (Phi) is 5.72. The highest BCUT2D eigenvalue weighted by Gasteiger charge is 2.37. The van der Waals surface area contributed by atoms with Crippen molar-refractivity contribution in [1.29, 1.82) is 0 Å². The number of aromatic nitrogens is 4. The largest absolute Gasteiger partial charge is 0.435 e. The lowest BCUT2D eigenvalue weighted by atomic mass is 10.1. The van der Waals surface area contributed by atoms with E-state index < -0.39 is 29.4 Å². The minimum atomic E-state index is -4.81. The Morgan fingerprint density at radius 1 is 1.17 bits per heavy atom. The molecule has 180 valence electrons. The third-order valence-electron chi connectivity index (χ3n) is 5.62. The molecule has 1 aliphatic rings. The second-order valence-corrected chi connectivity index (χ2v) is 8.58. The molecule has 0 unspecified atom stereocenters. The molecule has 3 aromatic heterocycles. The number of alkyl halides is 3. The smallest absolute Gasteiger partial charge is 0.360 e. The average molecular weight is 503 g/mol. The molecule has 1 aromatic carbocycles. The number of aromatic amines is 1. The van der Waals surface area contributed by atoms with Gasteiger partial charge in [-0.25, -0.2) is 9.67 Å². The van der Waals surface area contributed by atoms with Crippen LogP contribution in [0.5, 0.6) is 0 Å². The molecule has 1 fully saturated rings. The maximum atomic E-state index is 13.4. The Morgan fingerprint density at radius 2 is 1.97 bits per heavy atom. The number of carbonyl (C=O) groups is 2. The Balaban J connectivity index is 1.54. The molecule has 8 nitrogen and oxygen atoms in total. The fourth-order valence-corrected chi connectivity index (χ4v) is 3.88. The van der Waals surface area contributed by atoms with Gasteiger partial charge in [0.25, 0.3) is 11.8 Å². The highest BCUT2D eigenvalue weighted by molar-refractivity contribution is 6.32. The third-order valence-corrected chi connectivity index (χ3v) is 5.92. The van der Waals surface area contributed by atoms with E-state index in [9.17, 15) is 22.8 Å². The molecule has 12 heteroatoms. The van der Waals surface area contributed by atoms with Gasteiger partial charge in [-0.3, -0.25) is 9.59 Å². The topological polar surface area (TPSA) is 105 Å². The number of halogens is 4. The van der Waals surface area contributed by atoms with Gasteiger partial charge in [0, 0.05) is 30.4 Å². The van der Waals surface area contributed by atoms with E-state index in [1.807, 2.05) is 0 Å². The molecular formula is C23H18ClF3N6O2. The number of pyridine rings is 1. The normalized spacial score (nSPS) is 13.7. The minimum Gasteiger partial charge on any atom is -0.360 e. The average Bonchev–Trinajstić information content (AvgIpc) is 3.32.